The van der Waals surface area contributed by atoms with Gasteiger partial charge in [-0.25, -0.2) is 4.98 Å². The molecule has 2 aromatic heterocycles. The van der Waals surface area contributed by atoms with Crippen LogP contribution >= 0.6 is 11.3 Å². The molecule has 0 N–H and O–H groups in total. The first-order chi connectivity index (χ1) is 22.8. The largest absolute Gasteiger partial charge is 0.278 e. The third-order valence-corrected chi connectivity index (χ3v) is 10.2. The quantitative estimate of drug-likeness (QED) is 0.201. The summed E-state index contributed by atoms with van der Waals surface area (Å²) in [7, 11) is 0. The van der Waals surface area contributed by atoms with Gasteiger partial charge in [-0.2, -0.15) is 9.97 Å². The molecule has 5 heteroatoms. The van der Waals surface area contributed by atoms with Gasteiger partial charge in [0.1, 0.15) is 0 Å². The Kier molecular flexibility index (Phi) is 5.41. The average molecular weight is 605 g/mol. The number of benzene rings is 7. The van der Waals surface area contributed by atoms with Crippen molar-refractivity contribution in [3.05, 3.63) is 146 Å². The molecule has 7 aromatic carbocycles. The molecule has 0 aliphatic carbocycles. The zero-order valence-corrected chi connectivity index (χ0v) is 25.4. The summed E-state index contributed by atoms with van der Waals surface area (Å²) in [6.07, 6.45) is 0. The number of thiophene rings is 1. The molecule has 0 unspecified atom stereocenters. The first kappa shape index (κ1) is 25.4. The number of hydrogen-bond donors (Lipinski definition) is 0. The maximum Gasteiger partial charge on any atom is 0.238 e. The molecule has 0 saturated carbocycles. The Labute approximate surface area is 268 Å². The Bertz CT molecular complexity index is 2650. The lowest BCUT2D eigenvalue weighted by molar-refractivity contribution is 1.03. The van der Waals surface area contributed by atoms with E-state index < -0.39 is 0 Å². The van der Waals surface area contributed by atoms with Crippen molar-refractivity contribution in [1.29, 1.82) is 0 Å². The summed E-state index contributed by atoms with van der Waals surface area (Å²) < 4.78 is 2.47. The molecule has 0 bridgehead atoms. The van der Waals surface area contributed by atoms with Gasteiger partial charge in [0.15, 0.2) is 11.6 Å². The molecule has 214 valence electrons. The van der Waals surface area contributed by atoms with Crippen molar-refractivity contribution >= 4 is 70.4 Å². The van der Waals surface area contributed by atoms with Crippen molar-refractivity contribution in [2.75, 3.05) is 4.90 Å². The highest BCUT2D eigenvalue weighted by molar-refractivity contribution is 7.25. The fraction of sp³-hybridized carbons (Fsp3) is 0. The molecular formula is C41H24N4S. The Morgan fingerprint density at radius 2 is 1.13 bits per heavy atom. The molecular weight excluding hydrogens is 581 g/mol. The number of rotatable bonds is 3. The highest BCUT2D eigenvalue weighted by atomic mass is 32.1. The number of aromatic nitrogens is 3. The fourth-order valence-corrected chi connectivity index (χ4v) is 8.19. The third kappa shape index (κ3) is 3.69. The van der Waals surface area contributed by atoms with Crippen molar-refractivity contribution in [2.45, 2.75) is 0 Å². The Hall–Kier alpha value is -5.91. The minimum atomic E-state index is 0.596. The van der Waals surface area contributed by atoms with Gasteiger partial charge in [-0.3, -0.25) is 4.90 Å². The molecule has 0 atom stereocenters. The van der Waals surface area contributed by atoms with Crippen molar-refractivity contribution in [3.8, 4) is 33.9 Å². The van der Waals surface area contributed by atoms with Crippen LogP contribution in [0, 0.1) is 0 Å². The van der Waals surface area contributed by atoms with Gasteiger partial charge in [-0.1, -0.05) is 121 Å². The van der Waals surface area contributed by atoms with Crippen LogP contribution < -0.4 is 4.90 Å². The second-order valence-electron chi connectivity index (χ2n) is 11.6. The van der Waals surface area contributed by atoms with Crippen molar-refractivity contribution in [3.63, 3.8) is 0 Å². The number of hydrogen-bond acceptors (Lipinski definition) is 5. The van der Waals surface area contributed by atoms with Gasteiger partial charge in [0, 0.05) is 42.2 Å². The summed E-state index contributed by atoms with van der Waals surface area (Å²) in [6.45, 7) is 0. The van der Waals surface area contributed by atoms with E-state index in [9.17, 15) is 0 Å². The van der Waals surface area contributed by atoms with E-state index in [-0.39, 0.29) is 0 Å². The highest BCUT2D eigenvalue weighted by Gasteiger charge is 2.30. The molecule has 9 aromatic rings. The van der Waals surface area contributed by atoms with Gasteiger partial charge in [0.25, 0.3) is 0 Å². The topological polar surface area (TPSA) is 41.9 Å². The third-order valence-electron chi connectivity index (χ3n) is 9.04. The standard InChI is InChI=1S/C41H24N4S/c1-2-12-27(13-3-1)39-42-40(31-19-10-22-35-38(31)29-17-6-7-21-34(29)46-35)44-41(43-39)45-32-20-9-15-26-14-8-18-30(36(26)32)37-28-16-5-4-11-25(28)23-24-33(37)45/h1-24H. The SMILES string of the molecule is c1ccc(-c2nc(-c3cccc4sc5ccccc5c34)nc(N3c4ccc5ccccc5c4-c4cccc5cccc3c45)n2)cc1. The van der Waals surface area contributed by atoms with Gasteiger partial charge in [0.2, 0.25) is 5.95 Å². The second-order valence-corrected chi connectivity index (χ2v) is 12.7. The molecule has 1 aliphatic heterocycles. The van der Waals surface area contributed by atoms with E-state index in [0.29, 0.717) is 17.6 Å². The smallest absolute Gasteiger partial charge is 0.238 e. The van der Waals surface area contributed by atoms with E-state index in [0.717, 1.165) is 22.5 Å². The van der Waals surface area contributed by atoms with Gasteiger partial charge < -0.3 is 0 Å². The van der Waals surface area contributed by atoms with E-state index in [1.165, 1.54) is 52.8 Å². The van der Waals surface area contributed by atoms with Crippen LogP contribution in [0.3, 0.4) is 0 Å². The molecule has 46 heavy (non-hydrogen) atoms. The zero-order valence-electron chi connectivity index (χ0n) is 24.6. The summed E-state index contributed by atoms with van der Waals surface area (Å²) >= 11 is 1.80. The second kappa shape index (κ2) is 9.80. The Morgan fingerprint density at radius 1 is 0.435 bits per heavy atom. The minimum Gasteiger partial charge on any atom is -0.278 e. The monoisotopic (exact) mass is 604 g/mol. The number of nitrogens with zero attached hydrogens (tertiary/aromatic N) is 4. The van der Waals surface area contributed by atoms with Crippen LogP contribution in [0.4, 0.5) is 17.3 Å². The van der Waals surface area contributed by atoms with Crippen molar-refractivity contribution < 1.29 is 0 Å². The van der Waals surface area contributed by atoms with Crippen molar-refractivity contribution in [1.82, 2.24) is 15.0 Å². The highest BCUT2D eigenvalue weighted by Crippen LogP contribution is 2.52. The van der Waals surface area contributed by atoms with Crippen LogP contribution in [0.15, 0.2) is 146 Å². The maximum atomic E-state index is 5.34. The summed E-state index contributed by atoms with van der Waals surface area (Å²) in [6, 6.07) is 51.4. The summed E-state index contributed by atoms with van der Waals surface area (Å²) in [5, 5.41) is 7.19. The van der Waals surface area contributed by atoms with Gasteiger partial charge in [-0.05, 0) is 46.0 Å². The first-order valence-electron chi connectivity index (χ1n) is 15.4. The maximum absolute atomic E-state index is 5.34. The molecule has 0 saturated heterocycles. The van der Waals surface area contributed by atoms with Gasteiger partial charge in [0.05, 0.1) is 11.4 Å². The summed E-state index contributed by atoms with van der Waals surface area (Å²) in [5.41, 5.74) is 6.49. The number of anilines is 3. The van der Waals surface area contributed by atoms with Crippen LogP contribution in [-0.4, -0.2) is 15.0 Å². The molecule has 0 amide bonds. The van der Waals surface area contributed by atoms with Crippen LogP contribution in [0.2, 0.25) is 0 Å². The normalized spacial score (nSPS) is 12.3. The molecule has 3 heterocycles. The fourth-order valence-electron chi connectivity index (χ4n) is 7.05. The lowest BCUT2D eigenvalue weighted by Gasteiger charge is -2.32. The van der Waals surface area contributed by atoms with Crippen molar-refractivity contribution in [2.24, 2.45) is 0 Å². The van der Waals surface area contributed by atoms with E-state index in [1.54, 1.807) is 11.3 Å². The van der Waals surface area contributed by atoms with E-state index in [4.69, 9.17) is 15.0 Å². The first-order valence-corrected chi connectivity index (χ1v) is 16.2. The van der Waals surface area contributed by atoms with Gasteiger partial charge in [-0.15, -0.1) is 11.3 Å². The summed E-state index contributed by atoms with van der Waals surface area (Å²) in [4.78, 5) is 18.0. The van der Waals surface area contributed by atoms with Crippen LogP contribution in [-0.2, 0) is 0 Å². The predicted molar refractivity (Wildman–Crippen MR) is 192 cm³/mol. The molecule has 1 aliphatic rings. The van der Waals surface area contributed by atoms with Crippen LogP contribution in [0.5, 0.6) is 0 Å². The van der Waals surface area contributed by atoms with Crippen LogP contribution in [0.1, 0.15) is 0 Å². The molecule has 10 rings (SSSR count). The molecule has 0 fully saturated rings. The lowest BCUT2D eigenvalue weighted by atomic mass is 9.88. The minimum absolute atomic E-state index is 0.596. The van der Waals surface area contributed by atoms with E-state index in [1.807, 2.05) is 18.2 Å². The van der Waals surface area contributed by atoms with Gasteiger partial charge >= 0.3 is 0 Å². The molecule has 0 spiro atoms. The Morgan fingerprint density at radius 3 is 2.04 bits per heavy atom. The molecule has 0 radical (unpaired) electrons. The van der Waals surface area contributed by atoms with E-state index >= 15 is 0 Å². The molecule has 4 nitrogen and oxygen atoms in total. The predicted octanol–water partition coefficient (Wildman–Crippen LogP) is 11.3. The Balaban J connectivity index is 1.31. The zero-order chi connectivity index (χ0) is 30.2. The average Bonchev–Trinajstić information content (AvgIpc) is 3.51. The number of fused-ring (bicyclic) bond motifs is 7. The summed E-state index contributed by atoms with van der Waals surface area (Å²) in [5.74, 6) is 1.90. The van der Waals surface area contributed by atoms with Crippen LogP contribution in [0.25, 0.3) is 75.6 Å². The lowest BCUT2D eigenvalue weighted by Crippen LogP contribution is -2.19. The van der Waals surface area contributed by atoms with E-state index in [2.05, 4.69) is 132 Å².